The van der Waals surface area contributed by atoms with Crippen LogP contribution in [0.4, 0.5) is 0 Å². The summed E-state index contributed by atoms with van der Waals surface area (Å²) in [7, 11) is 0. The molecule has 0 bridgehead atoms. The SMILES string of the molecule is CC(C)(C)c1c2ccc(-c3ccc4c5c(cccc35)Oc3ccccc3-4)cc2c(C(C)(C)C)c2ccc(-c3ccc4c(c3)Oc3cccc5cccc-4c35)cc12. The third-order valence-electron chi connectivity index (χ3n) is 12.0. The minimum atomic E-state index is -0.112. The average molecular weight is 723 g/mol. The maximum absolute atomic E-state index is 6.60. The second-order valence-corrected chi connectivity index (χ2v) is 17.7. The maximum atomic E-state index is 6.60. The molecule has 56 heavy (non-hydrogen) atoms. The lowest BCUT2D eigenvalue weighted by atomic mass is 9.73. The Morgan fingerprint density at radius 2 is 0.821 bits per heavy atom. The monoisotopic (exact) mass is 722 g/mol. The van der Waals surface area contributed by atoms with Crippen LogP contribution in [0.25, 0.3) is 87.6 Å². The normalized spacial score (nSPS) is 13.1. The number of hydrogen-bond donors (Lipinski definition) is 0. The fourth-order valence-corrected chi connectivity index (χ4v) is 9.77. The molecule has 2 heterocycles. The fraction of sp³-hybridized carbons (Fsp3) is 0.148. The Morgan fingerprint density at radius 3 is 1.57 bits per heavy atom. The summed E-state index contributed by atoms with van der Waals surface area (Å²) < 4.78 is 13.1. The van der Waals surface area contributed by atoms with Crippen molar-refractivity contribution in [1.29, 1.82) is 0 Å². The number of hydrogen-bond acceptors (Lipinski definition) is 2. The molecule has 2 nitrogen and oxygen atoms in total. The Morgan fingerprint density at radius 1 is 0.321 bits per heavy atom. The Hall–Kier alpha value is -6.38. The van der Waals surface area contributed by atoms with Crippen molar-refractivity contribution in [2.45, 2.75) is 52.4 Å². The molecule has 9 aromatic rings. The first kappa shape index (κ1) is 33.0. The lowest BCUT2D eigenvalue weighted by Gasteiger charge is -2.31. The molecule has 11 rings (SSSR count). The molecule has 0 atom stereocenters. The van der Waals surface area contributed by atoms with E-state index in [0.717, 1.165) is 39.7 Å². The minimum absolute atomic E-state index is 0.112. The van der Waals surface area contributed by atoms with Crippen molar-refractivity contribution < 1.29 is 9.47 Å². The van der Waals surface area contributed by atoms with Crippen LogP contribution < -0.4 is 9.47 Å². The van der Waals surface area contributed by atoms with Crippen molar-refractivity contribution in [3.8, 4) is 67.5 Å². The van der Waals surface area contributed by atoms with Crippen LogP contribution in [0.3, 0.4) is 0 Å². The number of para-hydroxylation sites is 1. The van der Waals surface area contributed by atoms with Gasteiger partial charge in [0.1, 0.15) is 23.0 Å². The summed E-state index contributed by atoms with van der Waals surface area (Å²) in [6.45, 7) is 14.1. The molecule has 0 fully saturated rings. The van der Waals surface area contributed by atoms with Crippen LogP contribution in [-0.2, 0) is 10.8 Å². The van der Waals surface area contributed by atoms with E-state index in [1.807, 2.05) is 6.07 Å². The zero-order chi connectivity index (χ0) is 38.1. The van der Waals surface area contributed by atoms with Crippen LogP contribution in [0.15, 0.2) is 146 Å². The van der Waals surface area contributed by atoms with E-state index in [0.29, 0.717) is 0 Å². The van der Waals surface area contributed by atoms with Gasteiger partial charge >= 0.3 is 0 Å². The van der Waals surface area contributed by atoms with Gasteiger partial charge in [-0.25, -0.2) is 0 Å². The van der Waals surface area contributed by atoms with Crippen LogP contribution in [0.2, 0.25) is 0 Å². The van der Waals surface area contributed by atoms with Crippen LogP contribution in [-0.4, -0.2) is 0 Å². The molecule has 0 spiro atoms. The lowest BCUT2D eigenvalue weighted by Crippen LogP contribution is -2.17. The molecule has 0 aromatic heterocycles. The van der Waals surface area contributed by atoms with E-state index in [1.165, 1.54) is 82.0 Å². The van der Waals surface area contributed by atoms with Crippen LogP contribution >= 0.6 is 0 Å². The first-order chi connectivity index (χ1) is 27.0. The Labute approximate surface area is 328 Å². The summed E-state index contributed by atoms with van der Waals surface area (Å²) in [5, 5.41) is 10.0. The molecule has 0 amide bonds. The van der Waals surface area contributed by atoms with E-state index in [4.69, 9.17) is 9.47 Å². The van der Waals surface area contributed by atoms with Crippen molar-refractivity contribution in [2.75, 3.05) is 0 Å². The highest BCUT2D eigenvalue weighted by atomic mass is 16.5. The molecule has 0 radical (unpaired) electrons. The molecular weight excluding hydrogens is 681 g/mol. The third-order valence-corrected chi connectivity index (χ3v) is 12.0. The number of ether oxygens (including phenoxy) is 2. The maximum Gasteiger partial charge on any atom is 0.135 e. The van der Waals surface area contributed by atoms with E-state index < -0.39 is 0 Å². The largest absolute Gasteiger partial charge is 0.456 e. The zero-order valence-electron chi connectivity index (χ0n) is 32.7. The lowest BCUT2D eigenvalue weighted by molar-refractivity contribution is 0.487. The summed E-state index contributed by atoms with van der Waals surface area (Å²) in [6, 6.07) is 53.3. The van der Waals surface area contributed by atoms with Crippen LogP contribution in [0.5, 0.6) is 23.0 Å². The molecular formula is C54H42O2. The molecule has 2 aliphatic rings. The molecule has 0 saturated carbocycles. The smallest absolute Gasteiger partial charge is 0.135 e. The molecule has 0 unspecified atom stereocenters. The number of rotatable bonds is 2. The number of benzene rings is 9. The molecule has 9 aromatic carbocycles. The zero-order valence-corrected chi connectivity index (χ0v) is 32.7. The standard InChI is InChI=1S/C54H42O2/c1-53(2,3)51-42-25-22-34(35-26-27-40-36-14-7-8-17-45(36)55-47-19-11-16-38(35)50(40)47)29-44(42)52(54(4,5)6)41-24-21-32(28-43(41)51)33-20-23-37-39-15-9-12-31-13-10-18-46(49(31)39)56-48(37)30-33/h7-30H,1-6H3. The summed E-state index contributed by atoms with van der Waals surface area (Å²) >= 11 is 0. The van der Waals surface area contributed by atoms with Crippen molar-refractivity contribution in [2.24, 2.45) is 0 Å². The molecule has 2 aliphatic heterocycles. The quantitative estimate of drug-likeness (QED) is 0.165. The first-order valence-corrected chi connectivity index (χ1v) is 19.8. The van der Waals surface area contributed by atoms with Gasteiger partial charge in [0.05, 0.1) is 0 Å². The Bertz CT molecular complexity index is 3140. The highest BCUT2D eigenvalue weighted by Gasteiger charge is 2.29. The highest BCUT2D eigenvalue weighted by molar-refractivity contribution is 6.13. The van der Waals surface area contributed by atoms with E-state index in [1.54, 1.807) is 0 Å². The average Bonchev–Trinajstić information content (AvgIpc) is 3.18. The second-order valence-electron chi connectivity index (χ2n) is 17.7. The van der Waals surface area contributed by atoms with Gasteiger partial charge in [0.25, 0.3) is 0 Å². The van der Waals surface area contributed by atoms with Crippen molar-refractivity contribution in [3.63, 3.8) is 0 Å². The van der Waals surface area contributed by atoms with Crippen LogP contribution in [0, 0.1) is 0 Å². The van der Waals surface area contributed by atoms with Gasteiger partial charge in [-0.15, -0.1) is 0 Å². The third kappa shape index (κ3) is 4.81. The topological polar surface area (TPSA) is 18.5 Å². The van der Waals surface area contributed by atoms with Gasteiger partial charge < -0.3 is 9.47 Å². The van der Waals surface area contributed by atoms with E-state index in [9.17, 15) is 0 Å². The van der Waals surface area contributed by atoms with Gasteiger partial charge in [-0.1, -0.05) is 145 Å². The molecule has 2 heteroatoms. The van der Waals surface area contributed by atoms with E-state index in [2.05, 4.69) is 181 Å². The predicted octanol–water partition coefficient (Wildman–Crippen LogP) is 15.8. The number of fused-ring (bicyclic) bond motifs is 6. The summed E-state index contributed by atoms with van der Waals surface area (Å²) in [5.74, 6) is 3.65. The van der Waals surface area contributed by atoms with Crippen LogP contribution in [0.1, 0.15) is 52.7 Å². The van der Waals surface area contributed by atoms with E-state index in [-0.39, 0.29) is 10.8 Å². The summed E-state index contributed by atoms with van der Waals surface area (Å²) in [4.78, 5) is 0. The van der Waals surface area contributed by atoms with Gasteiger partial charge in [0.2, 0.25) is 0 Å². The molecule has 270 valence electrons. The van der Waals surface area contributed by atoms with Crippen molar-refractivity contribution in [3.05, 3.63) is 157 Å². The molecule has 0 saturated heterocycles. The Kier molecular flexibility index (Phi) is 6.82. The Balaban J connectivity index is 1.11. The molecule has 0 N–H and O–H groups in total. The fourth-order valence-electron chi connectivity index (χ4n) is 9.77. The van der Waals surface area contributed by atoms with Gasteiger partial charge in [-0.2, -0.15) is 0 Å². The van der Waals surface area contributed by atoms with Gasteiger partial charge in [0.15, 0.2) is 0 Å². The van der Waals surface area contributed by atoms with Gasteiger partial charge in [0, 0.05) is 21.9 Å². The van der Waals surface area contributed by atoms with Crippen molar-refractivity contribution >= 4 is 43.1 Å². The minimum Gasteiger partial charge on any atom is -0.456 e. The van der Waals surface area contributed by atoms with Crippen molar-refractivity contribution in [1.82, 2.24) is 0 Å². The van der Waals surface area contributed by atoms with E-state index >= 15 is 0 Å². The summed E-state index contributed by atoms with van der Waals surface area (Å²) in [5.41, 5.74) is 12.0. The summed E-state index contributed by atoms with van der Waals surface area (Å²) in [6.07, 6.45) is 0. The second kappa shape index (κ2) is 11.6. The molecule has 0 aliphatic carbocycles. The highest BCUT2D eigenvalue weighted by Crippen LogP contribution is 2.51. The van der Waals surface area contributed by atoms with Gasteiger partial charge in [-0.3, -0.25) is 0 Å². The first-order valence-electron chi connectivity index (χ1n) is 19.8. The van der Waals surface area contributed by atoms with Gasteiger partial charge in [-0.05, 0) is 130 Å². The predicted molar refractivity (Wildman–Crippen MR) is 236 cm³/mol.